The normalized spacial score (nSPS) is 28.1. The molecule has 3 saturated carbocycles. The zero-order valence-electron chi connectivity index (χ0n) is 28.9. The number of carbonyl (C=O) groups excluding carboxylic acids is 4. The molecule has 10 nitrogen and oxygen atoms in total. The number of fused-ring (bicyclic) bond motifs is 1. The van der Waals surface area contributed by atoms with Crippen molar-refractivity contribution in [2.75, 3.05) is 13.6 Å². The van der Waals surface area contributed by atoms with E-state index in [-0.39, 0.29) is 45.4 Å². The van der Waals surface area contributed by atoms with Crippen LogP contribution < -0.4 is 21.3 Å². The van der Waals surface area contributed by atoms with Gasteiger partial charge in [0.25, 0.3) is 5.91 Å². The van der Waals surface area contributed by atoms with Gasteiger partial charge in [0.1, 0.15) is 12.1 Å². The van der Waals surface area contributed by atoms with Gasteiger partial charge in [-0.25, -0.2) is 0 Å². The third-order valence-corrected chi connectivity index (χ3v) is 11.7. The number of likely N-dealkylation sites (N-methyl/N-ethyl adjacent to an activating group) is 1. The Morgan fingerprint density at radius 3 is 1.93 bits per heavy atom. The smallest absolute Gasteiger partial charge is 0.251 e. The van der Waals surface area contributed by atoms with E-state index in [1.807, 2.05) is 48.5 Å². The lowest BCUT2D eigenvalue weighted by Gasteiger charge is -2.38. The molecule has 0 aromatic heterocycles. The Labute approximate surface area is 264 Å². The monoisotopic (exact) mass is 617 g/mol. The number of aliphatic hydroxyl groups excluding tert-OH is 1. The molecule has 2 spiro atoms. The largest absolute Gasteiger partial charge is 0.381 e. The van der Waals surface area contributed by atoms with E-state index in [0.29, 0.717) is 25.8 Å². The molecular formula is C34H59N5O5. The number of carbonyl (C=O) groups is 4. The summed E-state index contributed by atoms with van der Waals surface area (Å²) in [5, 5.41) is 23.0. The molecule has 1 heterocycles. The average Bonchev–Trinajstić information content (AvgIpc) is 3.70. The number of amides is 4. The molecule has 1 saturated heterocycles. The van der Waals surface area contributed by atoms with Gasteiger partial charge in [-0.15, -0.1) is 0 Å². The summed E-state index contributed by atoms with van der Waals surface area (Å²) in [5.74, 6) is -1.32. The molecule has 1 unspecified atom stereocenters. The van der Waals surface area contributed by atoms with Crippen molar-refractivity contribution in [3.05, 3.63) is 0 Å². The van der Waals surface area contributed by atoms with Crippen LogP contribution in [0.5, 0.6) is 0 Å². The summed E-state index contributed by atoms with van der Waals surface area (Å²) in [6, 6.07) is -2.78. The summed E-state index contributed by atoms with van der Waals surface area (Å²) in [4.78, 5) is 56.8. The molecule has 44 heavy (non-hydrogen) atoms. The van der Waals surface area contributed by atoms with E-state index < -0.39 is 41.6 Å². The van der Waals surface area contributed by atoms with Crippen molar-refractivity contribution in [2.45, 2.75) is 150 Å². The molecular weight excluding hydrogens is 558 g/mol. The molecule has 0 aromatic rings. The van der Waals surface area contributed by atoms with Gasteiger partial charge < -0.3 is 31.3 Å². The first-order chi connectivity index (χ1) is 20.3. The van der Waals surface area contributed by atoms with Crippen LogP contribution in [0.2, 0.25) is 0 Å². The van der Waals surface area contributed by atoms with Crippen LogP contribution in [-0.4, -0.2) is 83.5 Å². The Morgan fingerprint density at radius 2 is 1.50 bits per heavy atom. The zero-order chi connectivity index (χ0) is 33.0. The third kappa shape index (κ3) is 5.90. The highest BCUT2D eigenvalue weighted by molar-refractivity contribution is 5.95. The first kappa shape index (κ1) is 34.7. The van der Waals surface area contributed by atoms with E-state index in [1.165, 1.54) is 0 Å². The zero-order valence-corrected chi connectivity index (χ0v) is 28.9. The number of aliphatic hydroxyl groups is 1. The third-order valence-electron chi connectivity index (χ3n) is 11.7. The second kappa shape index (κ2) is 11.9. The lowest BCUT2D eigenvalue weighted by atomic mass is 9.73. The highest BCUT2D eigenvalue weighted by Crippen LogP contribution is 2.88. The standard InChI is InChI=1S/C34H59N5O5/c1-11-13-21(23(40)27(42)36-20-14-15-20)37-26(41)22-18-34(32(8,9)33(34)16-12-17-33)19-39(22)29(44)25(31(5,6)7)38-28(43)24(35-10)30(2,3)4/h20-25,35,40H,11-19H2,1-10H3,(H,36,42)(H,37,41)(H,38,43)/t21-,22-,23?,24+,25+,34+/m0/s1. The van der Waals surface area contributed by atoms with Gasteiger partial charge in [-0.1, -0.05) is 75.2 Å². The van der Waals surface area contributed by atoms with Crippen molar-refractivity contribution in [3.63, 3.8) is 0 Å². The van der Waals surface area contributed by atoms with Crippen molar-refractivity contribution in [1.29, 1.82) is 0 Å². The summed E-state index contributed by atoms with van der Waals surface area (Å²) < 4.78 is 0. The molecule has 4 fully saturated rings. The fraction of sp³-hybridized carbons (Fsp3) is 0.882. The van der Waals surface area contributed by atoms with Crippen LogP contribution in [0.3, 0.4) is 0 Å². The molecule has 5 N–H and O–H groups in total. The number of nitrogens with one attached hydrogen (secondary N) is 4. The van der Waals surface area contributed by atoms with Crippen molar-refractivity contribution >= 4 is 23.6 Å². The summed E-state index contributed by atoms with van der Waals surface area (Å²) in [6.45, 7) is 18.7. The van der Waals surface area contributed by atoms with Gasteiger partial charge in [0.2, 0.25) is 17.7 Å². The molecule has 4 rings (SSSR count). The van der Waals surface area contributed by atoms with Crippen LogP contribution in [0.25, 0.3) is 0 Å². The molecule has 10 heteroatoms. The first-order valence-electron chi connectivity index (χ1n) is 16.8. The molecule has 0 bridgehead atoms. The lowest BCUT2D eigenvalue weighted by molar-refractivity contribution is -0.145. The van der Waals surface area contributed by atoms with E-state index in [4.69, 9.17) is 0 Å². The molecule has 1 aliphatic heterocycles. The van der Waals surface area contributed by atoms with Crippen LogP contribution in [0, 0.1) is 27.1 Å². The van der Waals surface area contributed by atoms with E-state index in [9.17, 15) is 24.3 Å². The van der Waals surface area contributed by atoms with Crippen LogP contribution in [-0.2, 0) is 19.2 Å². The first-order valence-corrected chi connectivity index (χ1v) is 16.8. The summed E-state index contributed by atoms with van der Waals surface area (Å²) in [6.07, 6.45) is 5.40. The lowest BCUT2D eigenvalue weighted by Crippen LogP contribution is -2.62. The minimum absolute atomic E-state index is 0.0256. The van der Waals surface area contributed by atoms with E-state index in [1.54, 1.807) is 11.9 Å². The summed E-state index contributed by atoms with van der Waals surface area (Å²) >= 11 is 0. The van der Waals surface area contributed by atoms with E-state index >= 15 is 0 Å². The molecule has 4 amide bonds. The minimum Gasteiger partial charge on any atom is -0.381 e. The predicted octanol–water partition coefficient (Wildman–Crippen LogP) is 2.87. The highest BCUT2D eigenvalue weighted by Gasteiger charge is 2.85. The fourth-order valence-corrected chi connectivity index (χ4v) is 8.66. The molecule has 6 atom stereocenters. The van der Waals surface area contributed by atoms with E-state index in [2.05, 4.69) is 35.1 Å². The van der Waals surface area contributed by atoms with Crippen LogP contribution in [0.1, 0.15) is 114 Å². The summed E-state index contributed by atoms with van der Waals surface area (Å²) in [5.41, 5.74) is -1.11. The maximum Gasteiger partial charge on any atom is 0.251 e. The van der Waals surface area contributed by atoms with Crippen molar-refractivity contribution in [2.24, 2.45) is 27.1 Å². The Balaban J connectivity index is 1.63. The molecule has 250 valence electrons. The van der Waals surface area contributed by atoms with Gasteiger partial charge in [0.15, 0.2) is 6.10 Å². The van der Waals surface area contributed by atoms with Crippen molar-refractivity contribution in [3.8, 4) is 0 Å². The molecule has 0 aromatic carbocycles. The van der Waals surface area contributed by atoms with Crippen molar-refractivity contribution < 1.29 is 24.3 Å². The predicted molar refractivity (Wildman–Crippen MR) is 170 cm³/mol. The molecule has 3 aliphatic carbocycles. The van der Waals surface area contributed by atoms with Gasteiger partial charge in [-0.05, 0) is 67.2 Å². The van der Waals surface area contributed by atoms with Gasteiger partial charge in [-0.3, -0.25) is 19.2 Å². The SMILES string of the molecule is CCC[C@H](NC(=O)[C@@H]1C[C@@]2(CN1C(=O)[C@@H](NC(=O)[C@@H](NC)C(C)(C)C)C(C)(C)C)C(C)(C)C21CCC1)C(O)C(=O)NC1CC1. The number of hydrogen-bond donors (Lipinski definition) is 5. The van der Waals surface area contributed by atoms with Gasteiger partial charge >= 0.3 is 0 Å². The van der Waals surface area contributed by atoms with Gasteiger partial charge in [0, 0.05) is 18.0 Å². The second-order valence-corrected chi connectivity index (χ2v) is 16.9. The highest BCUT2D eigenvalue weighted by atomic mass is 16.3. The van der Waals surface area contributed by atoms with Gasteiger partial charge in [-0.2, -0.15) is 0 Å². The average molecular weight is 618 g/mol. The minimum atomic E-state index is -1.37. The number of rotatable bonds is 11. The van der Waals surface area contributed by atoms with E-state index in [0.717, 1.165) is 32.1 Å². The quantitative estimate of drug-likeness (QED) is 0.242. The topological polar surface area (TPSA) is 140 Å². The van der Waals surface area contributed by atoms with Crippen LogP contribution >= 0.6 is 0 Å². The van der Waals surface area contributed by atoms with Gasteiger partial charge in [0.05, 0.1) is 12.1 Å². The van der Waals surface area contributed by atoms with Crippen LogP contribution in [0.15, 0.2) is 0 Å². The number of nitrogens with zero attached hydrogens (tertiary/aromatic N) is 1. The summed E-state index contributed by atoms with van der Waals surface area (Å²) in [7, 11) is 1.74. The van der Waals surface area contributed by atoms with Crippen LogP contribution in [0.4, 0.5) is 0 Å². The Morgan fingerprint density at radius 1 is 0.909 bits per heavy atom. The number of likely N-dealkylation sites (tertiary alicyclic amines) is 1. The maximum absolute atomic E-state index is 14.6. The Bertz CT molecular complexity index is 1130. The fourth-order valence-electron chi connectivity index (χ4n) is 8.66. The molecule has 0 radical (unpaired) electrons. The Kier molecular flexibility index (Phi) is 9.35. The van der Waals surface area contributed by atoms with Crippen molar-refractivity contribution in [1.82, 2.24) is 26.2 Å². The maximum atomic E-state index is 14.6. The second-order valence-electron chi connectivity index (χ2n) is 16.9. The number of hydrogen-bond acceptors (Lipinski definition) is 6. The Hall–Kier alpha value is -2.20. The molecule has 4 aliphatic rings.